The van der Waals surface area contributed by atoms with Crippen LogP contribution in [0.3, 0.4) is 0 Å². The van der Waals surface area contributed by atoms with E-state index in [1.807, 2.05) is 30.5 Å². The van der Waals surface area contributed by atoms with Crippen molar-refractivity contribution in [2.75, 3.05) is 0 Å². The Morgan fingerprint density at radius 2 is 2.07 bits per heavy atom. The van der Waals surface area contributed by atoms with E-state index in [4.69, 9.17) is 0 Å². The van der Waals surface area contributed by atoms with Gasteiger partial charge >= 0.3 is 0 Å². The summed E-state index contributed by atoms with van der Waals surface area (Å²) in [6, 6.07) is 12.3. The fourth-order valence-electron chi connectivity index (χ4n) is 1.37. The van der Waals surface area contributed by atoms with Crippen LogP contribution in [-0.2, 0) is 0 Å². The van der Waals surface area contributed by atoms with Crippen molar-refractivity contribution in [1.82, 2.24) is 9.97 Å². The summed E-state index contributed by atoms with van der Waals surface area (Å²) in [7, 11) is 0. The number of aromatic amines is 1. The summed E-state index contributed by atoms with van der Waals surface area (Å²) < 4.78 is 2.32. The third kappa shape index (κ3) is 1.78. The van der Waals surface area contributed by atoms with Gasteiger partial charge in [-0.1, -0.05) is 12.1 Å². The predicted octanol–water partition coefficient (Wildman–Crippen LogP) is 3.78. The summed E-state index contributed by atoms with van der Waals surface area (Å²) in [5, 5.41) is 1.13. The third-order valence-corrected chi connectivity index (χ3v) is 4.11. The minimum atomic E-state index is 1.08. The Balaban J connectivity index is 1.98. The first-order chi connectivity index (χ1) is 7.42. The van der Waals surface area contributed by atoms with Crippen molar-refractivity contribution < 1.29 is 0 Å². The second-order valence-corrected chi connectivity index (χ2v) is 5.40. The lowest BCUT2D eigenvalue weighted by Gasteiger charge is -1.89. The minimum absolute atomic E-state index is 1.08. The molecule has 2 heterocycles. The number of rotatable bonds is 2. The monoisotopic (exact) mass is 232 g/mol. The number of benzene rings is 1. The summed E-state index contributed by atoms with van der Waals surface area (Å²) in [5.41, 5.74) is 1.08. The molecule has 0 saturated carbocycles. The second-order valence-electron chi connectivity index (χ2n) is 3.08. The Morgan fingerprint density at radius 3 is 2.87 bits per heavy atom. The van der Waals surface area contributed by atoms with E-state index in [0.29, 0.717) is 0 Å². The average molecular weight is 232 g/mol. The molecule has 0 atom stereocenters. The van der Waals surface area contributed by atoms with Gasteiger partial charge in [0, 0.05) is 6.20 Å². The van der Waals surface area contributed by atoms with Crippen molar-refractivity contribution in [3.05, 3.63) is 42.6 Å². The molecule has 1 N–H and O–H groups in total. The molecular formula is C11H8N2S2. The van der Waals surface area contributed by atoms with E-state index in [0.717, 1.165) is 14.9 Å². The Morgan fingerprint density at radius 1 is 1.13 bits per heavy atom. The fourth-order valence-corrected chi connectivity index (χ4v) is 3.37. The summed E-state index contributed by atoms with van der Waals surface area (Å²) >= 11 is 3.40. The maximum Gasteiger partial charge on any atom is 0.157 e. The maximum atomic E-state index is 4.55. The van der Waals surface area contributed by atoms with E-state index in [1.54, 1.807) is 23.1 Å². The molecule has 3 aromatic rings. The third-order valence-electron chi connectivity index (χ3n) is 2.04. The van der Waals surface area contributed by atoms with Crippen molar-refractivity contribution in [2.24, 2.45) is 0 Å². The van der Waals surface area contributed by atoms with Gasteiger partial charge in [-0.2, -0.15) is 0 Å². The zero-order chi connectivity index (χ0) is 10.1. The molecule has 0 amide bonds. The van der Waals surface area contributed by atoms with Crippen LogP contribution in [-0.4, -0.2) is 9.97 Å². The zero-order valence-electron chi connectivity index (χ0n) is 7.81. The first kappa shape index (κ1) is 9.00. The SMILES string of the molecule is c1c[nH]c(Sc2nc3ccccc3s2)c1. The fraction of sp³-hybridized carbons (Fsp3) is 0. The number of hydrogen-bond acceptors (Lipinski definition) is 3. The van der Waals surface area contributed by atoms with Crippen LogP contribution in [0.15, 0.2) is 52.0 Å². The van der Waals surface area contributed by atoms with Gasteiger partial charge in [0.1, 0.15) is 0 Å². The molecule has 3 rings (SSSR count). The average Bonchev–Trinajstić information content (AvgIpc) is 2.86. The first-order valence-electron chi connectivity index (χ1n) is 4.59. The molecule has 2 nitrogen and oxygen atoms in total. The number of hydrogen-bond donors (Lipinski definition) is 1. The highest BCUT2D eigenvalue weighted by Gasteiger charge is 2.04. The second kappa shape index (κ2) is 3.72. The Hall–Kier alpha value is -1.26. The van der Waals surface area contributed by atoms with Gasteiger partial charge in [0.2, 0.25) is 0 Å². The zero-order valence-corrected chi connectivity index (χ0v) is 9.44. The molecule has 0 radical (unpaired) electrons. The molecule has 0 unspecified atom stereocenters. The summed E-state index contributed by atoms with van der Waals surface area (Å²) in [4.78, 5) is 7.71. The van der Waals surface area contributed by atoms with Crippen LogP contribution < -0.4 is 0 Å². The van der Waals surface area contributed by atoms with Gasteiger partial charge in [0.15, 0.2) is 4.34 Å². The molecule has 0 bridgehead atoms. The first-order valence-corrected chi connectivity index (χ1v) is 6.22. The van der Waals surface area contributed by atoms with Gasteiger partial charge in [-0.3, -0.25) is 0 Å². The van der Waals surface area contributed by atoms with Crippen LogP contribution in [0.2, 0.25) is 0 Å². The normalized spacial score (nSPS) is 10.9. The standard InChI is InChI=1S/C11H8N2S2/c1-2-5-9-8(4-1)13-11(14-9)15-10-6-3-7-12-10/h1-7,12H. The van der Waals surface area contributed by atoms with Crippen LogP contribution in [0.1, 0.15) is 0 Å². The lowest BCUT2D eigenvalue weighted by Crippen LogP contribution is -1.70. The molecule has 0 saturated heterocycles. The van der Waals surface area contributed by atoms with Crippen molar-refractivity contribution >= 4 is 33.3 Å². The highest BCUT2D eigenvalue weighted by molar-refractivity contribution is 8.01. The quantitative estimate of drug-likeness (QED) is 0.728. The topological polar surface area (TPSA) is 28.7 Å². The van der Waals surface area contributed by atoms with E-state index >= 15 is 0 Å². The number of aromatic nitrogens is 2. The molecule has 0 aliphatic carbocycles. The van der Waals surface area contributed by atoms with Gasteiger partial charge in [0.05, 0.1) is 15.2 Å². The smallest absolute Gasteiger partial charge is 0.157 e. The van der Waals surface area contributed by atoms with Gasteiger partial charge in [-0.25, -0.2) is 4.98 Å². The van der Waals surface area contributed by atoms with Crippen molar-refractivity contribution in [1.29, 1.82) is 0 Å². The summed E-state index contributed by atoms with van der Waals surface area (Å²) in [6.07, 6.45) is 1.93. The molecule has 0 fully saturated rings. The van der Waals surface area contributed by atoms with Crippen LogP contribution >= 0.6 is 23.1 Å². The Labute approximate surface area is 95.4 Å². The number of thiazole rings is 1. The number of para-hydroxylation sites is 1. The van der Waals surface area contributed by atoms with Crippen LogP contribution in [0.5, 0.6) is 0 Å². The number of nitrogens with one attached hydrogen (secondary N) is 1. The molecule has 4 heteroatoms. The van der Waals surface area contributed by atoms with E-state index < -0.39 is 0 Å². The molecule has 2 aromatic heterocycles. The van der Waals surface area contributed by atoms with Gasteiger partial charge in [-0.15, -0.1) is 11.3 Å². The highest BCUT2D eigenvalue weighted by Crippen LogP contribution is 2.33. The van der Waals surface area contributed by atoms with Gasteiger partial charge in [0.25, 0.3) is 0 Å². The largest absolute Gasteiger partial charge is 0.356 e. The molecule has 1 aromatic carbocycles. The Bertz CT molecular complexity index is 536. The predicted molar refractivity (Wildman–Crippen MR) is 64.5 cm³/mol. The van der Waals surface area contributed by atoms with Crippen molar-refractivity contribution in [2.45, 2.75) is 9.37 Å². The van der Waals surface area contributed by atoms with E-state index in [-0.39, 0.29) is 0 Å². The summed E-state index contributed by atoms with van der Waals surface area (Å²) in [6.45, 7) is 0. The van der Waals surface area contributed by atoms with Crippen LogP contribution in [0, 0.1) is 0 Å². The molecular weight excluding hydrogens is 224 g/mol. The van der Waals surface area contributed by atoms with E-state index in [9.17, 15) is 0 Å². The number of nitrogens with zero attached hydrogens (tertiary/aromatic N) is 1. The van der Waals surface area contributed by atoms with Gasteiger partial charge < -0.3 is 4.98 Å². The molecule has 0 aliphatic heterocycles. The van der Waals surface area contributed by atoms with Gasteiger partial charge in [-0.05, 0) is 36.0 Å². The Kier molecular flexibility index (Phi) is 2.23. The number of H-pyrrole nitrogens is 1. The number of fused-ring (bicyclic) bond motifs is 1. The molecule has 0 aliphatic rings. The van der Waals surface area contributed by atoms with Crippen LogP contribution in [0.4, 0.5) is 0 Å². The van der Waals surface area contributed by atoms with E-state index in [1.165, 1.54) is 4.70 Å². The minimum Gasteiger partial charge on any atom is -0.356 e. The molecule has 15 heavy (non-hydrogen) atoms. The summed E-state index contributed by atoms with van der Waals surface area (Å²) in [5.74, 6) is 0. The highest BCUT2D eigenvalue weighted by atomic mass is 32.2. The lowest BCUT2D eigenvalue weighted by molar-refractivity contribution is 1.19. The van der Waals surface area contributed by atoms with E-state index in [2.05, 4.69) is 22.1 Å². The molecule has 0 spiro atoms. The van der Waals surface area contributed by atoms with Crippen LogP contribution in [0.25, 0.3) is 10.2 Å². The lowest BCUT2D eigenvalue weighted by atomic mass is 10.3. The molecule has 74 valence electrons. The van der Waals surface area contributed by atoms with Crippen molar-refractivity contribution in [3.63, 3.8) is 0 Å². The van der Waals surface area contributed by atoms with Crippen molar-refractivity contribution in [3.8, 4) is 0 Å². The maximum absolute atomic E-state index is 4.55.